The fourth-order valence-electron chi connectivity index (χ4n) is 3.01. The number of carbonyl (C=O) groups excluding carboxylic acids is 1. The highest BCUT2D eigenvalue weighted by molar-refractivity contribution is 5.99. The minimum atomic E-state index is 0.0236. The van der Waals surface area contributed by atoms with Gasteiger partial charge >= 0.3 is 0 Å². The average molecular weight is 328 g/mol. The lowest BCUT2D eigenvalue weighted by Gasteiger charge is -2.20. The highest BCUT2D eigenvalue weighted by Crippen LogP contribution is 2.33. The van der Waals surface area contributed by atoms with Crippen LogP contribution in [0.5, 0.6) is 5.75 Å². The van der Waals surface area contributed by atoms with Gasteiger partial charge in [0.05, 0.1) is 7.11 Å². The largest absolute Gasteiger partial charge is 0.497 e. The third-order valence-electron chi connectivity index (χ3n) is 4.38. The minimum Gasteiger partial charge on any atom is -0.497 e. The Balaban J connectivity index is 1.99. The Morgan fingerprint density at radius 2 is 1.88 bits per heavy atom. The first-order chi connectivity index (χ1) is 12.2. The van der Waals surface area contributed by atoms with E-state index in [-0.39, 0.29) is 5.78 Å². The van der Waals surface area contributed by atoms with E-state index < -0.39 is 0 Å². The second kappa shape index (κ2) is 7.68. The van der Waals surface area contributed by atoms with Crippen LogP contribution in [0.15, 0.2) is 66.8 Å². The molecule has 0 amide bonds. The van der Waals surface area contributed by atoms with Crippen molar-refractivity contribution in [2.24, 2.45) is 0 Å². The van der Waals surface area contributed by atoms with Gasteiger partial charge in [-0.25, -0.2) is 0 Å². The number of benzene rings is 2. The summed E-state index contributed by atoms with van der Waals surface area (Å²) in [7, 11) is 1.65. The first-order valence-electron chi connectivity index (χ1n) is 8.33. The van der Waals surface area contributed by atoms with Crippen molar-refractivity contribution in [3.8, 4) is 17.6 Å². The molecule has 1 aliphatic carbocycles. The van der Waals surface area contributed by atoms with Crippen molar-refractivity contribution in [1.82, 2.24) is 0 Å². The van der Waals surface area contributed by atoms with Gasteiger partial charge in [0.1, 0.15) is 5.75 Å². The number of aryl methyl sites for hydroxylation is 1. The molecule has 0 heterocycles. The third-order valence-corrected chi connectivity index (χ3v) is 4.38. The first kappa shape index (κ1) is 16.8. The predicted octanol–water partition coefficient (Wildman–Crippen LogP) is 4.59. The fraction of sp³-hybridized carbons (Fsp3) is 0.174. The number of ether oxygens (including phenoxy) is 1. The normalized spacial score (nSPS) is 12.7. The van der Waals surface area contributed by atoms with E-state index >= 15 is 0 Å². The lowest BCUT2D eigenvalue weighted by Crippen LogP contribution is -2.07. The van der Waals surface area contributed by atoms with Crippen LogP contribution in [-0.4, -0.2) is 12.9 Å². The van der Waals surface area contributed by atoms with Crippen LogP contribution in [0.25, 0.3) is 5.57 Å². The molecule has 25 heavy (non-hydrogen) atoms. The van der Waals surface area contributed by atoms with Gasteiger partial charge in [-0.3, -0.25) is 4.79 Å². The smallest absolute Gasteiger partial charge is 0.159 e. The maximum absolute atomic E-state index is 12.0. The lowest BCUT2D eigenvalue weighted by molar-refractivity contribution is -0.113. The number of fused-ring (bicyclic) bond motifs is 1. The molecule has 0 saturated carbocycles. The van der Waals surface area contributed by atoms with E-state index in [1.54, 1.807) is 7.11 Å². The molecule has 0 unspecified atom stereocenters. The third kappa shape index (κ3) is 3.89. The van der Waals surface area contributed by atoms with Crippen LogP contribution >= 0.6 is 0 Å². The van der Waals surface area contributed by atoms with Crippen molar-refractivity contribution in [2.75, 3.05) is 7.11 Å². The zero-order chi connectivity index (χ0) is 17.6. The predicted molar refractivity (Wildman–Crippen MR) is 101 cm³/mol. The van der Waals surface area contributed by atoms with Gasteiger partial charge in [-0.05, 0) is 59.9 Å². The number of hydrogen-bond donors (Lipinski definition) is 0. The fourth-order valence-corrected chi connectivity index (χ4v) is 3.01. The summed E-state index contributed by atoms with van der Waals surface area (Å²) in [6.07, 6.45) is 3.56. The van der Waals surface area contributed by atoms with Gasteiger partial charge < -0.3 is 4.74 Å². The molecule has 1 aliphatic rings. The standard InChI is InChI=1S/C23H20O2/c1-3-20(24)16-23-19(13-12-18-6-4-5-7-22(18)23)11-8-17-9-14-21(25-2)15-10-17/h3-7,9-10,14-15H,1,12-13,16H2,2H3. The Morgan fingerprint density at radius 1 is 1.12 bits per heavy atom. The van der Waals surface area contributed by atoms with Gasteiger partial charge in [0.15, 0.2) is 5.78 Å². The quantitative estimate of drug-likeness (QED) is 0.606. The van der Waals surface area contributed by atoms with Gasteiger partial charge in [0.25, 0.3) is 0 Å². The van der Waals surface area contributed by atoms with E-state index in [1.165, 1.54) is 11.6 Å². The highest BCUT2D eigenvalue weighted by Gasteiger charge is 2.19. The summed E-state index contributed by atoms with van der Waals surface area (Å²) in [6, 6.07) is 15.9. The van der Waals surface area contributed by atoms with Gasteiger partial charge in [-0.2, -0.15) is 0 Å². The summed E-state index contributed by atoms with van der Waals surface area (Å²) in [5.74, 6) is 7.35. The van der Waals surface area contributed by atoms with Crippen LogP contribution in [-0.2, 0) is 11.2 Å². The van der Waals surface area contributed by atoms with Crippen LogP contribution in [0.1, 0.15) is 29.5 Å². The summed E-state index contributed by atoms with van der Waals surface area (Å²) >= 11 is 0. The summed E-state index contributed by atoms with van der Waals surface area (Å²) in [4.78, 5) is 12.0. The Bertz CT molecular complexity index is 890. The number of allylic oxidation sites excluding steroid dienone is 3. The van der Waals surface area contributed by atoms with Gasteiger partial charge in [-0.1, -0.05) is 42.7 Å². The molecule has 0 bridgehead atoms. The number of rotatable bonds is 4. The number of methoxy groups -OCH3 is 1. The number of ketones is 1. The highest BCUT2D eigenvalue weighted by atomic mass is 16.5. The molecule has 0 N–H and O–H groups in total. The van der Waals surface area contributed by atoms with Crippen LogP contribution in [0.3, 0.4) is 0 Å². The number of hydrogen-bond acceptors (Lipinski definition) is 2. The zero-order valence-corrected chi connectivity index (χ0v) is 14.3. The van der Waals surface area contributed by atoms with E-state index in [0.717, 1.165) is 40.9 Å². The Morgan fingerprint density at radius 3 is 2.60 bits per heavy atom. The molecule has 2 aromatic rings. The minimum absolute atomic E-state index is 0.0236. The maximum atomic E-state index is 12.0. The molecule has 0 fully saturated rings. The molecule has 2 heteroatoms. The molecule has 0 aliphatic heterocycles. The van der Waals surface area contributed by atoms with E-state index in [4.69, 9.17) is 4.74 Å². The van der Waals surface area contributed by atoms with E-state index in [0.29, 0.717) is 6.42 Å². The van der Waals surface area contributed by atoms with Gasteiger partial charge in [-0.15, -0.1) is 0 Å². The summed E-state index contributed by atoms with van der Waals surface area (Å²) in [5.41, 5.74) is 5.44. The molecular weight excluding hydrogens is 308 g/mol. The van der Waals surface area contributed by atoms with Gasteiger partial charge in [0, 0.05) is 17.6 Å². The molecule has 0 saturated heterocycles. The zero-order valence-electron chi connectivity index (χ0n) is 14.3. The molecule has 0 aromatic heterocycles. The summed E-state index contributed by atoms with van der Waals surface area (Å²) < 4.78 is 5.17. The van der Waals surface area contributed by atoms with Crippen molar-refractivity contribution in [2.45, 2.75) is 19.3 Å². The van der Waals surface area contributed by atoms with Crippen LogP contribution < -0.4 is 4.74 Å². The molecule has 2 aromatic carbocycles. The van der Waals surface area contributed by atoms with Crippen LogP contribution in [0.2, 0.25) is 0 Å². The van der Waals surface area contributed by atoms with E-state index in [9.17, 15) is 4.79 Å². The molecule has 2 nitrogen and oxygen atoms in total. The second-order valence-corrected chi connectivity index (χ2v) is 5.94. The van der Waals surface area contributed by atoms with Crippen LogP contribution in [0, 0.1) is 11.8 Å². The number of carbonyl (C=O) groups is 1. The van der Waals surface area contributed by atoms with Crippen molar-refractivity contribution >= 4 is 11.4 Å². The van der Waals surface area contributed by atoms with Crippen molar-refractivity contribution in [3.05, 3.63) is 83.4 Å². The maximum Gasteiger partial charge on any atom is 0.159 e. The Hall–Kier alpha value is -3.05. The summed E-state index contributed by atoms with van der Waals surface area (Å²) in [5, 5.41) is 0. The molecule has 0 spiro atoms. The molecule has 0 atom stereocenters. The second-order valence-electron chi connectivity index (χ2n) is 5.94. The molecule has 3 rings (SSSR count). The first-order valence-corrected chi connectivity index (χ1v) is 8.33. The van der Waals surface area contributed by atoms with Crippen molar-refractivity contribution in [3.63, 3.8) is 0 Å². The van der Waals surface area contributed by atoms with Crippen molar-refractivity contribution in [1.29, 1.82) is 0 Å². The summed E-state index contributed by atoms with van der Waals surface area (Å²) in [6.45, 7) is 3.60. The van der Waals surface area contributed by atoms with Gasteiger partial charge in [0.2, 0.25) is 0 Å². The van der Waals surface area contributed by atoms with Crippen molar-refractivity contribution < 1.29 is 9.53 Å². The average Bonchev–Trinajstić information content (AvgIpc) is 2.67. The van der Waals surface area contributed by atoms with E-state index in [2.05, 4.69) is 30.6 Å². The Labute approximate surface area is 148 Å². The molecular formula is C23H20O2. The Kier molecular flexibility index (Phi) is 5.16. The lowest BCUT2D eigenvalue weighted by atomic mass is 9.83. The SMILES string of the molecule is C=CC(=O)CC1=C(C#Cc2ccc(OC)cc2)CCc2ccccc21. The monoisotopic (exact) mass is 328 g/mol. The molecule has 124 valence electrons. The van der Waals surface area contributed by atoms with E-state index in [1.807, 2.05) is 36.4 Å². The molecule has 0 radical (unpaired) electrons. The topological polar surface area (TPSA) is 26.3 Å². The van der Waals surface area contributed by atoms with Crippen LogP contribution in [0.4, 0.5) is 0 Å².